The minimum atomic E-state index is -0.0633. The van der Waals surface area contributed by atoms with Crippen LogP contribution >= 0.6 is 0 Å². The summed E-state index contributed by atoms with van der Waals surface area (Å²) < 4.78 is 0. The van der Waals surface area contributed by atoms with Crippen LogP contribution in [0.1, 0.15) is 23.7 Å². The van der Waals surface area contributed by atoms with Gasteiger partial charge >= 0.3 is 0 Å². The summed E-state index contributed by atoms with van der Waals surface area (Å²) in [5.41, 5.74) is 3.35. The Morgan fingerprint density at radius 1 is 1.09 bits per heavy atom. The molecule has 1 heterocycles. The van der Waals surface area contributed by atoms with Gasteiger partial charge in [-0.2, -0.15) is 0 Å². The normalized spacial score (nSPS) is 10.9. The van der Waals surface area contributed by atoms with Gasteiger partial charge in [-0.05, 0) is 24.6 Å². The molecule has 3 aromatic rings. The average molecular weight is 307 g/mol. The van der Waals surface area contributed by atoms with Gasteiger partial charge in [-0.25, -0.2) is 4.98 Å². The van der Waals surface area contributed by atoms with Crippen LogP contribution in [0.2, 0.25) is 0 Å². The summed E-state index contributed by atoms with van der Waals surface area (Å²) in [4.78, 5) is 19.3. The minimum Gasteiger partial charge on any atom is -0.376 e. The zero-order valence-electron chi connectivity index (χ0n) is 13.8. The van der Waals surface area contributed by atoms with Crippen LogP contribution in [-0.4, -0.2) is 31.5 Å². The molecule has 0 saturated heterocycles. The third kappa shape index (κ3) is 2.84. The molecule has 1 amide bonds. The second kappa shape index (κ2) is 6.24. The number of carbonyl (C=O) groups excluding carboxylic acids is 1. The van der Waals surface area contributed by atoms with Crippen molar-refractivity contribution in [3.05, 3.63) is 48.0 Å². The van der Waals surface area contributed by atoms with Crippen molar-refractivity contribution in [1.82, 2.24) is 10.3 Å². The molecular weight excluding hydrogens is 286 g/mol. The van der Waals surface area contributed by atoms with E-state index >= 15 is 0 Å². The number of nitrogens with one attached hydrogen (secondary N) is 1. The van der Waals surface area contributed by atoms with E-state index in [4.69, 9.17) is 4.98 Å². The third-order valence-corrected chi connectivity index (χ3v) is 3.91. The number of amides is 1. The molecule has 0 atom stereocenters. The SMILES string of the molecule is CCCNC(=O)c1cccc2cc3cccc(N(C)C)c3nc12. The molecular formula is C19H21N3O. The van der Waals surface area contributed by atoms with E-state index in [9.17, 15) is 4.79 Å². The summed E-state index contributed by atoms with van der Waals surface area (Å²) in [6.45, 7) is 2.71. The van der Waals surface area contributed by atoms with Crippen LogP contribution in [0.4, 0.5) is 5.69 Å². The molecule has 4 nitrogen and oxygen atoms in total. The predicted octanol–water partition coefficient (Wildman–Crippen LogP) is 3.59. The van der Waals surface area contributed by atoms with E-state index in [-0.39, 0.29) is 5.91 Å². The van der Waals surface area contributed by atoms with Crippen molar-refractivity contribution in [1.29, 1.82) is 0 Å². The molecule has 1 N–H and O–H groups in total. The Balaban J connectivity index is 2.23. The molecule has 3 rings (SSSR count). The maximum atomic E-state index is 12.4. The summed E-state index contributed by atoms with van der Waals surface area (Å²) in [6, 6.07) is 14.0. The highest BCUT2D eigenvalue weighted by molar-refractivity contribution is 6.08. The molecule has 2 aromatic carbocycles. The quantitative estimate of drug-likeness (QED) is 0.749. The summed E-state index contributed by atoms with van der Waals surface area (Å²) in [7, 11) is 4.00. The number of nitrogens with zero attached hydrogens (tertiary/aromatic N) is 2. The Hall–Kier alpha value is -2.62. The molecule has 0 fully saturated rings. The highest BCUT2D eigenvalue weighted by Gasteiger charge is 2.13. The number of aromatic nitrogens is 1. The minimum absolute atomic E-state index is 0.0633. The predicted molar refractivity (Wildman–Crippen MR) is 96.2 cm³/mol. The lowest BCUT2D eigenvalue weighted by Crippen LogP contribution is -2.24. The van der Waals surface area contributed by atoms with E-state index < -0.39 is 0 Å². The van der Waals surface area contributed by atoms with Gasteiger partial charge < -0.3 is 10.2 Å². The van der Waals surface area contributed by atoms with Crippen molar-refractivity contribution in [2.75, 3.05) is 25.5 Å². The highest BCUT2D eigenvalue weighted by atomic mass is 16.1. The van der Waals surface area contributed by atoms with Crippen molar-refractivity contribution >= 4 is 33.4 Å². The fourth-order valence-corrected chi connectivity index (χ4v) is 2.75. The molecule has 1 aromatic heterocycles. The van der Waals surface area contributed by atoms with Gasteiger partial charge in [0, 0.05) is 31.4 Å². The lowest BCUT2D eigenvalue weighted by atomic mass is 10.1. The molecule has 0 aliphatic heterocycles. The van der Waals surface area contributed by atoms with E-state index in [0.29, 0.717) is 12.1 Å². The first-order valence-corrected chi connectivity index (χ1v) is 7.90. The first kappa shape index (κ1) is 15.3. The Kier molecular flexibility index (Phi) is 4.15. The van der Waals surface area contributed by atoms with Crippen LogP contribution in [0.25, 0.3) is 21.8 Å². The molecule has 0 bridgehead atoms. The fraction of sp³-hybridized carbons (Fsp3) is 0.263. The van der Waals surface area contributed by atoms with Gasteiger partial charge in [0.05, 0.1) is 22.3 Å². The van der Waals surface area contributed by atoms with Gasteiger partial charge in [-0.3, -0.25) is 4.79 Å². The molecule has 0 aliphatic rings. The second-order valence-corrected chi connectivity index (χ2v) is 5.86. The summed E-state index contributed by atoms with van der Waals surface area (Å²) in [5, 5.41) is 5.00. The lowest BCUT2D eigenvalue weighted by Gasteiger charge is -2.15. The van der Waals surface area contributed by atoms with E-state index in [1.54, 1.807) is 0 Å². The zero-order valence-corrected chi connectivity index (χ0v) is 13.8. The van der Waals surface area contributed by atoms with Crippen LogP contribution in [0.3, 0.4) is 0 Å². The Labute approximate surface area is 136 Å². The number of hydrogen-bond acceptors (Lipinski definition) is 3. The summed E-state index contributed by atoms with van der Waals surface area (Å²) >= 11 is 0. The maximum Gasteiger partial charge on any atom is 0.253 e. The number of rotatable bonds is 4. The molecule has 0 unspecified atom stereocenters. The number of pyridine rings is 1. The Morgan fingerprint density at radius 2 is 1.78 bits per heavy atom. The van der Waals surface area contributed by atoms with Crippen LogP contribution in [0, 0.1) is 0 Å². The zero-order chi connectivity index (χ0) is 16.4. The average Bonchev–Trinajstić information content (AvgIpc) is 2.56. The van der Waals surface area contributed by atoms with Crippen molar-refractivity contribution in [3.8, 4) is 0 Å². The number of carbonyl (C=O) groups is 1. The number of hydrogen-bond donors (Lipinski definition) is 1. The molecule has 4 heteroatoms. The number of para-hydroxylation sites is 2. The van der Waals surface area contributed by atoms with E-state index in [0.717, 1.165) is 33.9 Å². The molecule has 0 radical (unpaired) electrons. The van der Waals surface area contributed by atoms with Crippen molar-refractivity contribution in [3.63, 3.8) is 0 Å². The van der Waals surface area contributed by atoms with Crippen LogP contribution in [-0.2, 0) is 0 Å². The van der Waals surface area contributed by atoms with E-state index in [1.807, 2.05) is 56.3 Å². The standard InChI is InChI=1S/C19H21N3O/c1-4-11-20-19(23)15-9-5-7-13-12-14-8-6-10-16(22(2)3)18(14)21-17(13)15/h5-10,12H,4,11H2,1-3H3,(H,20,23). The van der Waals surface area contributed by atoms with Crippen LogP contribution < -0.4 is 10.2 Å². The molecule has 0 spiro atoms. The first-order chi connectivity index (χ1) is 11.1. The number of anilines is 1. The van der Waals surface area contributed by atoms with Crippen molar-refractivity contribution in [2.24, 2.45) is 0 Å². The molecule has 23 heavy (non-hydrogen) atoms. The molecule has 0 aliphatic carbocycles. The third-order valence-electron chi connectivity index (χ3n) is 3.91. The monoisotopic (exact) mass is 307 g/mol. The van der Waals surface area contributed by atoms with Crippen LogP contribution in [0.5, 0.6) is 0 Å². The van der Waals surface area contributed by atoms with Gasteiger partial charge in [0.1, 0.15) is 0 Å². The molecule has 118 valence electrons. The van der Waals surface area contributed by atoms with Crippen LogP contribution in [0.15, 0.2) is 42.5 Å². The number of benzene rings is 2. The lowest BCUT2D eigenvalue weighted by molar-refractivity contribution is 0.0955. The topological polar surface area (TPSA) is 45.2 Å². The van der Waals surface area contributed by atoms with Gasteiger partial charge in [-0.15, -0.1) is 0 Å². The van der Waals surface area contributed by atoms with Gasteiger partial charge in [-0.1, -0.05) is 31.2 Å². The van der Waals surface area contributed by atoms with Crippen molar-refractivity contribution < 1.29 is 4.79 Å². The van der Waals surface area contributed by atoms with Gasteiger partial charge in [0.2, 0.25) is 0 Å². The second-order valence-electron chi connectivity index (χ2n) is 5.86. The largest absolute Gasteiger partial charge is 0.376 e. The summed E-state index contributed by atoms with van der Waals surface area (Å²) in [6.07, 6.45) is 0.914. The molecule has 0 saturated carbocycles. The van der Waals surface area contributed by atoms with Gasteiger partial charge in [0.25, 0.3) is 5.91 Å². The van der Waals surface area contributed by atoms with Gasteiger partial charge in [0.15, 0.2) is 0 Å². The Morgan fingerprint density at radius 3 is 2.48 bits per heavy atom. The van der Waals surface area contributed by atoms with E-state index in [1.165, 1.54) is 0 Å². The highest BCUT2D eigenvalue weighted by Crippen LogP contribution is 2.28. The number of fused-ring (bicyclic) bond motifs is 2. The summed E-state index contributed by atoms with van der Waals surface area (Å²) in [5.74, 6) is -0.0633. The van der Waals surface area contributed by atoms with E-state index in [2.05, 4.69) is 17.4 Å². The Bertz CT molecular complexity index is 871. The first-order valence-electron chi connectivity index (χ1n) is 7.90. The maximum absolute atomic E-state index is 12.4. The van der Waals surface area contributed by atoms with Crippen molar-refractivity contribution in [2.45, 2.75) is 13.3 Å². The smallest absolute Gasteiger partial charge is 0.253 e. The fourth-order valence-electron chi connectivity index (χ4n) is 2.75.